The van der Waals surface area contributed by atoms with Gasteiger partial charge >= 0.3 is 0 Å². The maximum atomic E-state index is 8.00. The monoisotopic (exact) mass is 256 g/mol. The summed E-state index contributed by atoms with van der Waals surface area (Å²) in [6, 6.07) is 9.07. The van der Waals surface area contributed by atoms with Crippen molar-refractivity contribution in [2.45, 2.75) is 46.5 Å². The Balaban J connectivity index is 0.000000861. The molecule has 0 atom stereocenters. The maximum Gasteiger partial charge on any atom is 0.106 e. The second-order valence-electron chi connectivity index (χ2n) is 6.02. The lowest BCUT2D eigenvalue weighted by atomic mass is 9.86. The standard InChI is InChI=1S/C17H22.CH2O/c1-12-6-11-16(13(12)2)14-7-9-15(10-8-14)17(3,4)5;1-2/h6-10H,11H2,1-5H3;1H2. The third-order valence-corrected chi connectivity index (χ3v) is 3.76. The van der Waals surface area contributed by atoms with Crippen LogP contribution in [0.1, 0.15) is 52.2 Å². The SMILES string of the molecule is C=O.CC1=CCC(c2ccc(C(C)(C)C)cc2)=C1C. The molecule has 0 amide bonds. The fourth-order valence-electron chi connectivity index (χ4n) is 2.31. The van der Waals surface area contributed by atoms with Crippen LogP contribution in [0.4, 0.5) is 0 Å². The summed E-state index contributed by atoms with van der Waals surface area (Å²) >= 11 is 0. The predicted octanol–water partition coefficient (Wildman–Crippen LogP) is 4.92. The van der Waals surface area contributed by atoms with Gasteiger partial charge in [0.2, 0.25) is 0 Å². The molecule has 0 unspecified atom stereocenters. The van der Waals surface area contributed by atoms with Crippen molar-refractivity contribution >= 4 is 12.4 Å². The van der Waals surface area contributed by atoms with Crippen molar-refractivity contribution in [1.29, 1.82) is 0 Å². The van der Waals surface area contributed by atoms with Crippen molar-refractivity contribution in [2.24, 2.45) is 0 Å². The first-order valence-electron chi connectivity index (χ1n) is 6.66. The normalized spacial score (nSPS) is 14.9. The van der Waals surface area contributed by atoms with Crippen molar-refractivity contribution in [3.63, 3.8) is 0 Å². The molecule has 0 aromatic heterocycles. The predicted molar refractivity (Wildman–Crippen MR) is 83.2 cm³/mol. The lowest BCUT2D eigenvalue weighted by molar-refractivity contribution is -0.0979. The number of rotatable bonds is 1. The van der Waals surface area contributed by atoms with Crippen molar-refractivity contribution < 1.29 is 4.79 Å². The topological polar surface area (TPSA) is 17.1 Å². The van der Waals surface area contributed by atoms with Crippen molar-refractivity contribution in [2.75, 3.05) is 0 Å². The van der Waals surface area contributed by atoms with Crippen LogP contribution in [0.3, 0.4) is 0 Å². The van der Waals surface area contributed by atoms with Gasteiger partial charge in [0.1, 0.15) is 6.79 Å². The van der Waals surface area contributed by atoms with Crippen LogP contribution >= 0.6 is 0 Å². The minimum absolute atomic E-state index is 0.242. The largest absolute Gasteiger partial charge is 0.307 e. The van der Waals surface area contributed by atoms with E-state index >= 15 is 0 Å². The molecule has 2 rings (SSSR count). The highest BCUT2D eigenvalue weighted by Gasteiger charge is 2.15. The van der Waals surface area contributed by atoms with Crippen LogP contribution in [-0.4, -0.2) is 6.79 Å². The van der Waals surface area contributed by atoms with Crippen LogP contribution in [0.15, 0.2) is 41.5 Å². The van der Waals surface area contributed by atoms with Gasteiger partial charge in [-0.15, -0.1) is 0 Å². The number of carbonyl (C=O) groups is 1. The van der Waals surface area contributed by atoms with E-state index < -0.39 is 0 Å². The van der Waals surface area contributed by atoms with E-state index in [4.69, 9.17) is 4.79 Å². The number of hydrogen-bond donors (Lipinski definition) is 0. The molecule has 1 aromatic carbocycles. The van der Waals surface area contributed by atoms with E-state index in [-0.39, 0.29) is 5.41 Å². The molecule has 0 aliphatic heterocycles. The molecule has 102 valence electrons. The highest BCUT2D eigenvalue weighted by Crippen LogP contribution is 2.34. The molecule has 1 aromatic rings. The van der Waals surface area contributed by atoms with Crippen LogP contribution in [0.2, 0.25) is 0 Å². The third-order valence-electron chi connectivity index (χ3n) is 3.76. The molecule has 0 bridgehead atoms. The van der Waals surface area contributed by atoms with Crippen LogP contribution in [-0.2, 0) is 10.2 Å². The van der Waals surface area contributed by atoms with Gasteiger partial charge in [-0.3, -0.25) is 0 Å². The molecule has 1 nitrogen and oxygen atoms in total. The average molecular weight is 256 g/mol. The van der Waals surface area contributed by atoms with Crippen molar-refractivity contribution in [3.05, 3.63) is 52.6 Å². The first-order valence-corrected chi connectivity index (χ1v) is 6.66. The zero-order valence-corrected chi connectivity index (χ0v) is 12.7. The summed E-state index contributed by atoms with van der Waals surface area (Å²) in [6.45, 7) is 13.2. The number of allylic oxidation sites excluding steroid dienone is 4. The third kappa shape index (κ3) is 3.44. The maximum absolute atomic E-state index is 8.00. The van der Waals surface area contributed by atoms with E-state index in [0.29, 0.717) is 0 Å². The van der Waals surface area contributed by atoms with Gasteiger partial charge < -0.3 is 4.79 Å². The summed E-state index contributed by atoms with van der Waals surface area (Å²) in [5.41, 5.74) is 7.40. The van der Waals surface area contributed by atoms with Crippen LogP contribution in [0.25, 0.3) is 5.57 Å². The molecule has 0 radical (unpaired) electrons. The number of hydrogen-bond acceptors (Lipinski definition) is 1. The van der Waals surface area contributed by atoms with E-state index in [2.05, 4.69) is 65.0 Å². The molecular weight excluding hydrogens is 232 g/mol. The summed E-state index contributed by atoms with van der Waals surface area (Å²) in [6.07, 6.45) is 3.41. The Labute approximate surface area is 117 Å². The summed E-state index contributed by atoms with van der Waals surface area (Å²) in [5, 5.41) is 0. The quantitative estimate of drug-likeness (QED) is 0.696. The molecule has 0 N–H and O–H groups in total. The lowest BCUT2D eigenvalue weighted by Gasteiger charge is -2.19. The zero-order chi connectivity index (χ0) is 14.6. The molecule has 0 fully saturated rings. The van der Waals surface area contributed by atoms with Gasteiger partial charge in [0.15, 0.2) is 0 Å². The average Bonchev–Trinajstić information content (AvgIpc) is 2.72. The van der Waals surface area contributed by atoms with Crippen molar-refractivity contribution in [3.8, 4) is 0 Å². The fraction of sp³-hybridized carbons (Fsp3) is 0.389. The first-order chi connectivity index (χ1) is 8.89. The fourth-order valence-corrected chi connectivity index (χ4v) is 2.31. The highest BCUT2D eigenvalue weighted by atomic mass is 16.1. The highest BCUT2D eigenvalue weighted by molar-refractivity contribution is 5.76. The van der Waals surface area contributed by atoms with E-state index in [0.717, 1.165) is 6.42 Å². The molecule has 19 heavy (non-hydrogen) atoms. The summed E-state index contributed by atoms with van der Waals surface area (Å²) in [4.78, 5) is 8.00. The van der Waals surface area contributed by atoms with Crippen LogP contribution < -0.4 is 0 Å². The minimum atomic E-state index is 0.242. The molecule has 0 spiro atoms. The number of carbonyl (C=O) groups excluding carboxylic acids is 1. The van der Waals surface area contributed by atoms with Crippen LogP contribution in [0, 0.1) is 0 Å². The van der Waals surface area contributed by atoms with Crippen LogP contribution in [0.5, 0.6) is 0 Å². The molecule has 1 heteroatoms. The Bertz CT molecular complexity index is 495. The van der Waals surface area contributed by atoms with Gasteiger partial charge in [-0.25, -0.2) is 0 Å². The van der Waals surface area contributed by atoms with Gasteiger partial charge in [-0.05, 0) is 48.0 Å². The second kappa shape index (κ2) is 6.01. The van der Waals surface area contributed by atoms with Gasteiger partial charge in [0.05, 0.1) is 0 Å². The van der Waals surface area contributed by atoms with Gasteiger partial charge in [-0.1, -0.05) is 56.7 Å². The van der Waals surface area contributed by atoms with E-state index in [9.17, 15) is 0 Å². The Hall–Kier alpha value is -1.63. The minimum Gasteiger partial charge on any atom is -0.307 e. The summed E-state index contributed by atoms with van der Waals surface area (Å²) in [7, 11) is 0. The van der Waals surface area contributed by atoms with Crippen molar-refractivity contribution in [1.82, 2.24) is 0 Å². The molecular formula is C18H24O. The second-order valence-corrected chi connectivity index (χ2v) is 6.02. The van der Waals surface area contributed by atoms with Gasteiger partial charge in [0, 0.05) is 0 Å². The summed E-state index contributed by atoms with van der Waals surface area (Å²) in [5.74, 6) is 0. The van der Waals surface area contributed by atoms with E-state index in [1.807, 2.05) is 6.79 Å². The molecule has 1 aliphatic rings. The Morgan fingerprint density at radius 2 is 1.53 bits per heavy atom. The molecule has 1 aliphatic carbocycles. The Morgan fingerprint density at radius 1 is 1.00 bits per heavy atom. The van der Waals surface area contributed by atoms with Gasteiger partial charge in [0.25, 0.3) is 0 Å². The van der Waals surface area contributed by atoms with E-state index in [1.54, 1.807) is 0 Å². The summed E-state index contributed by atoms with van der Waals surface area (Å²) < 4.78 is 0. The zero-order valence-electron chi connectivity index (χ0n) is 12.7. The van der Waals surface area contributed by atoms with Gasteiger partial charge in [-0.2, -0.15) is 0 Å². The molecule has 0 saturated carbocycles. The number of benzene rings is 1. The Morgan fingerprint density at radius 3 is 1.89 bits per heavy atom. The molecule has 0 heterocycles. The molecule has 0 saturated heterocycles. The Kier molecular flexibility index (Phi) is 4.88. The van der Waals surface area contributed by atoms with E-state index in [1.165, 1.54) is 27.8 Å². The smallest absolute Gasteiger partial charge is 0.106 e. The first kappa shape index (κ1) is 15.4. The lowest BCUT2D eigenvalue weighted by Crippen LogP contribution is -2.10.